The fourth-order valence-electron chi connectivity index (χ4n) is 3.93. The molecule has 2 heterocycles. The molecular weight excluding hydrogens is 410 g/mol. The number of carbonyl (C=O) groups is 3. The van der Waals surface area contributed by atoms with Gasteiger partial charge in [0.1, 0.15) is 0 Å². The van der Waals surface area contributed by atoms with Crippen LogP contribution in [0.15, 0.2) is 42.5 Å². The van der Waals surface area contributed by atoms with E-state index < -0.39 is 0 Å². The summed E-state index contributed by atoms with van der Waals surface area (Å²) in [6.07, 6.45) is 1.54. The molecule has 0 spiro atoms. The molecule has 3 amide bonds. The van der Waals surface area contributed by atoms with E-state index >= 15 is 0 Å². The van der Waals surface area contributed by atoms with Crippen molar-refractivity contribution in [3.8, 4) is 0 Å². The van der Waals surface area contributed by atoms with Crippen LogP contribution in [0.5, 0.6) is 0 Å². The summed E-state index contributed by atoms with van der Waals surface area (Å²) in [4.78, 5) is 40.9. The minimum atomic E-state index is -0.195. The third-order valence-electron chi connectivity index (χ3n) is 5.78. The van der Waals surface area contributed by atoms with Crippen LogP contribution in [-0.2, 0) is 11.3 Å². The fraction of sp³-hybridized carbons (Fsp3) is 0.375. The van der Waals surface area contributed by atoms with Crippen molar-refractivity contribution in [1.82, 2.24) is 9.80 Å². The first-order chi connectivity index (χ1) is 15.0. The van der Waals surface area contributed by atoms with Crippen LogP contribution in [0.1, 0.15) is 44.7 Å². The molecule has 0 saturated carbocycles. The second kappa shape index (κ2) is 9.56. The number of rotatable bonds is 5. The molecule has 0 radical (unpaired) electrons. The highest BCUT2D eigenvalue weighted by atomic mass is 32.2. The Morgan fingerprint density at radius 3 is 2.35 bits per heavy atom. The largest absolute Gasteiger partial charge is 0.338 e. The molecule has 2 aliphatic heterocycles. The van der Waals surface area contributed by atoms with E-state index in [4.69, 9.17) is 0 Å². The molecule has 2 fully saturated rings. The molecule has 2 saturated heterocycles. The predicted molar refractivity (Wildman–Crippen MR) is 123 cm³/mol. The van der Waals surface area contributed by atoms with Crippen molar-refractivity contribution in [2.75, 3.05) is 36.5 Å². The van der Waals surface area contributed by atoms with Gasteiger partial charge in [0.25, 0.3) is 11.8 Å². The Hall–Kier alpha value is -2.80. The molecule has 0 unspecified atom stereocenters. The van der Waals surface area contributed by atoms with E-state index in [-0.39, 0.29) is 17.7 Å². The topological polar surface area (TPSA) is 69.7 Å². The highest BCUT2D eigenvalue weighted by Crippen LogP contribution is 2.21. The number of amides is 3. The van der Waals surface area contributed by atoms with Crippen LogP contribution in [0.2, 0.25) is 0 Å². The molecule has 0 bridgehead atoms. The Bertz CT molecular complexity index is 984. The molecule has 2 aromatic carbocycles. The lowest BCUT2D eigenvalue weighted by Gasteiger charge is -2.26. The van der Waals surface area contributed by atoms with Gasteiger partial charge >= 0.3 is 0 Å². The summed E-state index contributed by atoms with van der Waals surface area (Å²) in [5.41, 5.74) is 3.78. The summed E-state index contributed by atoms with van der Waals surface area (Å²) in [6, 6.07) is 12.8. The maximum Gasteiger partial charge on any atom is 0.255 e. The van der Waals surface area contributed by atoms with E-state index in [0.29, 0.717) is 29.8 Å². The van der Waals surface area contributed by atoms with Gasteiger partial charge in [-0.3, -0.25) is 14.4 Å². The Morgan fingerprint density at radius 1 is 1.00 bits per heavy atom. The lowest BCUT2D eigenvalue weighted by Crippen LogP contribution is -2.37. The first-order valence-corrected chi connectivity index (χ1v) is 11.8. The molecule has 0 aliphatic carbocycles. The standard InChI is InChI=1S/C24H27N3O3S/c1-17-15-20(24(30)26-11-13-31-14-12-26)8-9-21(17)25-23(29)19-6-4-18(5-7-19)16-27-10-2-3-22(27)28/h4-9,15H,2-3,10-14,16H2,1H3,(H,25,29). The Kier molecular flexibility index (Phi) is 6.61. The second-order valence-electron chi connectivity index (χ2n) is 8.00. The smallest absolute Gasteiger partial charge is 0.255 e. The van der Waals surface area contributed by atoms with Crippen LogP contribution < -0.4 is 5.32 Å². The van der Waals surface area contributed by atoms with Gasteiger partial charge in [-0.1, -0.05) is 12.1 Å². The van der Waals surface area contributed by atoms with E-state index in [1.807, 2.05) is 46.7 Å². The van der Waals surface area contributed by atoms with Crippen molar-refractivity contribution < 1.29 is 14.4 Å². The number of anilines is 1. The van der Waals surface area contributed by atoms with Gasteiger partial charge in [-0.25, -0.2) is 0 Å². The van der Waals surface area contributed by atoms with E-state index in [2.05, 4.69) is 5.32 Å². The van der Waals surface area contributed by atoms with Crippen LogP contribution in [0.25, 0.3) is 0 Å². The average molecular weight is 438 g/mol. The Morgan fingerprint density at radius 2 is 1.71 bits per heavy atom. The zero-order valence-electron chi connectivity index (χ0n) is 17.7. The van der Waals surface area contributed by atoms with Crippen LogP contribution in [0.4, 0.5) is 5.69 Å². The van der Waals surface area contributed by atoms with Gasteiger partial charge in [-0.15, -0.1) is 0 Å². The minimum Gasteiger partial charge on any atom is -0.338 e. The third kappa shape index (κ3) is 5.10. The van der Waals surface area contributed by atoms with Crippen LogP contribution in [0.3, 0.4) is 0 Å². The molecule has 0 aromatic heterocycles. The van der Waals surface area contributed by atoms with Crippen molar-refractivity contribution in [2.24, 2.45) is 0 Å². The molecule has 7 heteroatoms. The normalized spacial score (nSPS) is 16.5. The van der Waals surface area contributed by atoms with Crippen molar-refractivity contribution in [1.29, 1.82) is 0 Å². The number of thioether (sulfide) groups is 1. The predicted octanol–water partition coefficient (Wildman–Crippen LogP) is 3.56. The molecule has 1 N–H and O–H groups in total. The molecule has 162 valence electrons. The van der Waals surface area contributed by atoms with Gasteiger partial charge in [-0.2, -0.15) is 11.8 Å². The summed E-state index contributed by atoms with van der Waals surface area (Å²) in [6.45, 7) is 4.85. The first-order valence-electron chi connectivity index (χ1n) is 10.7. The van der Waals surface area contributed by atoms with Gasteiger partial charge in [0, 0.05) is 60.9 Å². The fourth-order valence-corrected chi connectivity index (χ4v) is 4.84. The summed E-state index contributed by atoms with van der Waals surface area (Å²) in [5, 5.41) is 2.94. The van der Waals surface area contributed by atoms with Crippen LogP contribution in [0, 0.1) is 6.92 Å². The van der Waals surface area contributed by atoms with E-state index in [9.17, 15) is 14.4 Å². The minimum absolute atomic E-state index is 0.0494. The number of hydrogen-bond donors (Lipinski definition) is 1. The third-order valence-corrected chi connectivity index (χ3v) is 6.72. The SMILES string of the molecule is Cc1cc(C(=O)N2CCSCC2)ccc1NC(=O)c1ccc(CN2CCCC2=O)cc1. The number of nitrogens with one attached hydrogen (secondary N) is 1. The van der Waals surface area contributed by atoms with Crippen molar-refractivity contribution in [3.05, 3.63) is 64.7 Å². The lowest BCUT2D eigenvalue weighted by molar-refractivity contribution is -0.128. The summed E-state index contributed by atoms with van der Waals surface area (Å²) in [5.74, 6) is 2.00. The summed E-state index contributed by atoms with van der Waals surface area (Å²) in [7, 11) is 0. The molecule has 2 aromatic rings. The molecular formula is C24H27N3O3S. The molecule has 4 rings (SSSR count). The molecule has 31 heavy (non-hydrogen) atoms. The molecule has 0 atom stereocenters. The van der Waals surface area contributed by atoms with Gasteiger partial charge in [-0.05, 0) is 54.8 Å². The Labute approximate surface area is 187 Å². The quantitative estimate of drug-likeness (QED) is 0.777. The number of aryl methyl sites for hydroxylation is 1. The zero-order chi connectivity index (χ0) is 21.8. The van der Waals surface area contributed by atoms with Gasteiger partial charge in [0.15, 0.2) is 0 Å². The number of benzene rings is 2. The monoisotopic (exact) mass is 437 g/mol. The van der Waals surface area contributed by atoms with Crippen molar-refractivity contribution in [2.45, 2.75) is 26.3 Å². The Balaban J connectivity index is 1.38. The number of nitrogens with zero attached hydrogens (tertiary/aromatic N) is 2. The summed E-state index contributed by atoms with van der Waals surface area (Å²) < 4.78 is 0. The van der Waals surface area contributed by atoms with Crippen LogP contribution in [-0.4, -0.2) is 58.7 Å². The number of hydrogen-bond acceptors (Lipinski definition) is 4. The highest BCUT2D eigenvalue weighted by Gasteiger charge is 2.21. The van der Waals surface area contributed by atoms with E-state index in [1.54, 1.807) is 24.3 Å². The lowest BCUT2D eigenvalue weighted by atomic mass is 10.1. The van der Waals surface area contributed by atoms with Gasteiger partial charge < -0.3 is 15.1 Å². The molecule has 6 nitrogen and oxygen atoms in total. The van der Waals surface area contributed by atoms with E-state index in [1.165, 1.54) is 0 Å². The summed E-state index contributed by atoms with van der Waals surface area (Å²) >= 11 is 1.87. The van der Waals surface area contributed by atoms with Gasteiger partial charge in [0.05, 0.1) is 0 Å². The van der Waals surface area contributed by atoms with Crippen LogP contribution >= 0.6 is 11.8 Å². The maximum absolute atomic E-state index is 12.7. The number of carbonyl (C=O) groups excluding carboxylic acids is 3. The number of likely N-dealkylation sites (tertiary alicyclic amines) is 1. The van der Waals surface area contributed by atoms with Gasteiger partial charge in [0.2, 0.25) is 5.91 Å². The van der Waals surface area contributed by atoms with Crippen molar-refractivity contribution >= 4 is 35.2 Å². The maximum atomic E-state index is 12.7. The molecule has 2 aliphatic rings. The highest BCUT2D eigenvalue weighted by molar-refractivity contribution is 7.99. The first kappa shape index (κ1) is 21.4. The zero-order valence-corrected chi connectivity index (χ0v) is 18.5. The van der Waals surface area contributed by atoms with Crippen molar-refractivity contribution in [3.63, 3.8) is 0 Å². The van der Waals surface area contributed by atoms with E-state index in [0.717, 1.165) is 48.7 Å². The second-order valence-corrected chi connectivity index (χ2v) is 9.23. The average Bonchev–Trinajstić information content (AvgIpc) is 3.20.